The molecule has 0 unspecified atom stereocenters. The number of aromatic nitrogens is 1. The number of amides is 2. The zero-order chi connectivity index (χ0) is 26.6. The fourth-order valence-electron chi connectivity index (χ4n) is 4.10. The summed E-state index contributed by atoms with van der Waals surface area (Å²) in [6, 6.07) is 12.4. The minimum atomic E-state index is -4.13. The number of halogens is 1. The molecular weight excluding hydrogens is 534 g/mol. The predicted molar refractivity (Wildman–Crippen MR) is 144 cm³/mol. The van der Waals surface area contributed by atoms with Crippen LogP contribution in [0.5, 0.6) is 0 Å². The normalized spacial score (nSPS) is 15.4. The fourth-order valence-corrected chi connectivity index (χ4v) is 6.52. The van der Waals surface area contributed by atoms with Crippen molar-refractivity contribution in [1.82, 2.24) is 24.8 Å². The molecule has 2 N–H and O–H groups in total. The SMILES string of the molecule is Cc1c(-c2ccccn2)cccc1S(=O)(=O)N[C@@H](CNC(=O)c1ccc(Cl)s1)C(=O)N1CCN(C)CC1. The van der Waals surface area contributed by atoms with Gasteiger partial charge in [-0.2, -0.15) is 4.72 Å². The number of hydrogen-bond donors (Lipinski definition) is 2. The van der Waals surface area contributed by atoms with E-state index in [1.807, 2.05) is 13.1 Å². The van der Waals surface area contributed by atoms with E-state index in [9.17, 15) is 18.0 Å². The van der Waals surface area contributed by atoms with Crippen LogP contribution in [0.15, 0.2) is 59.6 Å². The van der Waals surface area contributed by atoms with E-state index >= 15 is 0 Å². The highest BCUT2D eigenvalue weighted by molar-refractivity contribution is 7.89. The average molecular weight is 562 g/mol. The van der Waals surface area contributed by atoms with Crippen molar-refractivity contribution >= 4 is 44.8 Å². The van der Waals surface area contributed by atoms with Crippen LogP contribution in [0.25, 0.3) is 11.3 Å². The van der Waals surface area contributed by atoms with Gasteiger partial charge in [-0.15, -0.1) is 11.3 Å². The number of rotatable bonds is 8. The Balaban J connectivity index is 1.59. The van der Waals surface area contributed by atoms with E-state index in [0.29, 0.717) is 52.2 Å². The van der Waals surface area contributed by atoms with E-state index in [2.05, 4.69) is 19.9 Å². The molecule has 196 valence electrons. The number of nitrogens with zero attached hydrogens (tertiary/aromatic N) is 3. The van der Waals surface area contributed by atoms with E-state index in [4.69, 9.17) is 11.6 Å². The lowest BCUT2D eigenvalue weighted by molar-refractivity contribution is -0.134. The summed E-state index contributed by atoms with van der Waals surface area (Å²) in [5.74, 6) is -0.819. The van der Waals surface area contributed by atoms with E-state index in [1.165, 1.54) is 6.07 Å². The number of benzene rings is 1. The number of nitrogens with one attached hydrogen (secondary N) is 2. The summed E-state index contributed by atoms with van der Waals surface area (Å²) in [7, 11) is -2.17. The van der Waals surface area contributed by atoms with Crippen LogP contribution in [-0.4, -0.2) is 80.8 Å². The second kappa shape index (κ2) is 11.7. The van der Waals surface area contributed by atoms with Crippen LogP contribution >= 0.6 is 22.9 Å². The Bertz CT molecular complexity index is 1370. The Labute approximate surface area is 225 Å². The molecule has 3 aromatic rings. The van der Waals surface area contributed by atoms with Gasteiger partial charge >= 0.3 is 0 Å². The van der Waals surface area contributed by atoms with Crippen LogP contribution in [-0.2, 0) is 14.8 Å². The largest absolute Gasteiger partial charge is 0.349 e. The quantitative estimate of drug-likeness (QED) is 0.437. The van der Waals surface area contributed by atoms with Gasteiger partial charge in [-0.05, 0) is 49.9 Å². The zero-order valence-corrected chi connectivity index (χ0v) is 22.9. The third kappa shape index (κ3) is 6.55. The standard InChI is InChI=1S/C25H28ClN5O4S2/c1-17-18(19-7-3-4-11-27-19)6-5-8-22(17)37(34,35)29-20(25(33)31-14-12-30(2)13-15-31)16-28-24(32)21-9-10-23(26)36-21/h3-11,20,29H,12-16H2,1-2H3,(H,28,32)/t20-/m0/s1. The van der Waals surface area contributed by atoms with Gasteiger partial charge in [-0.25, -0.2) is 8.42 Å². The van der Waals surface area contributed by atoms with Crippen molar-refractivity contribution < 1.29 is 18.0 Å². The Morgan fingerprint density at radius 1 is 1.08 bits per heavy atom. The van der Waals surface area contributed by atoms with Gasteiger partial charge in [0.2, 0.25) is 15.9 Å². The number of likely N-dealkylation sites (N-methyl/N-ethyl adjacent to an activating group) is 1. The number of thiophene rings is 1. The first-order valence-electron chi connectivity index (χ1n) is 11.7. The van der Waals surface area contributed by atoms with Crippen molar-refractivity contribution in [3.8, 4) is 11.3 Å². The maximum absolute atomic E-state index is 13.6. The summed E-state index contributed by atoms with van der Waals surface area (Å²) in [4.78, 5) is 34.5. The molecule has 1 aromatic carbocycles. The highest BCUT2D eigenvalue weighted by Crippen LogP contribution is 2.27. The number of hydrogen-bond acceptors (Lipinski definition) is 7. The monoisotopic (exact) mass is 561 g/mol. The Hall–Kier alpha value is -2.83. The summed E-state index contributed by atoms with van der Waals surface area (Å²) >= 11 is 7.04. The molecule has 0 aliphatic carbocycles. The summed E-state index contributed by atoms with van der Waals surface area (Å²) in [5, 5.41) is 2.69. The molecule has 1 aliphatic heterocycles. The molecule has 0 saturated carbocycles. The van der Waals surface area contributed by atoms with Crippen LogP contribution in [0.4, 0.5) is 0 Å². The highest BCUT2D eigenvalue weighted by atomic mass is 35.5. The van der Waals surface area contributed by atoms with Crippen LogP contribution in [0.1, 0.15) is 15.2 Å². The zero-order valence-electron chi connectivity index (χ0n) is 20.5. The van der Waals surface area contributed by atoms with Gasteiger partial charge in [-0.1, -0.05) is 29.8 Å². The fraction of sp³-hybridized carbons (Fsp3) is 0.320. The number of piperazine rings is 1. The molecule has 1 fully saturated rings. The lowest BCUT2D eigenvalue weighted by atomic mass is 10.1. The van der Waals surface area contributed by atoms with E-state index in [0.717, 1.165) is 11.3 Å². The molecule has 1 atom stereocenters. The second-order valence-corrected chi connectivity index (χ2v) is 12.2. The van der Waals surface area contributed by atoms with Crippen LogP contribution in [0, 0.1) is 6.92 Å². The minimum Gasteiger partial charge on any atom is -0.349 e. The van der Waals surface area contributed by atoms with Crippen molar-refractivity contribution in [2.24, 2.45) is 0 Å². The summed E-state index contributed by atoms with van der Waals surface area (Å²) < 4.78 is 30.1. The van der Waals surface area contributed by atoms with Crippen molar-refractivity contribution in [3.63, 3.8) is 0 Å². The predicted octanol–water partition coefficient (Wildman–Crippen LogP) is 2.62. The maximum atomic E-state index is 13.6. The lowest BCUT2D eigenvalue weighted by Crippen LogP contribution is -2.57. The third-order valence-corrected chi connectivity index (χ3v) is 9.03. The molecule has 1 aliphatic rings. The van der Waals surface area contributed by atoms with Gasteiger partial charge in [0.25, 0.3) is 5.91 Å². The van der Waals surface area contributed by atoms with Crippen molar-refractivity contribution in [2.75, 3.05) is 39.8 Å². The van der Waals surface area contributed by atoms with Gasteiger partial charge in [0.1, 0.15) is 6.04 Å². The van der Waals surface area contributed by atoms with Gasteiger partial charge in [0.15, 0.2) is 0 Å². The molecule has 1 saturated heterocycles. The number of carbonyl (C=O) groups excluding carboxylic acids is 2. The van der Waals surface area contributed by atoms with Crippen LogP contribution in [0.2, 0.25) is 4.34 Å². The van der Waals surface area contributed by atoms with Gasteiger partial charge in [0.05, 0.1) is 19.8 Å². The molecule has 2 aromatic heterocycles. The molecule has 4 rings (SSSR count). The molecule has 2 amide bonds. The maximum Gasteiger partial charge on any atom is 0.261 e. The van der Waals surface area contributed by atoms with Gasteiger partial charge in [-0.3, -0.25) is 14.6 Å². The Morgan fingerprint density at radius 3 is 2.49 bits per heavy atom. The highest BCUT2D eigenvalue weighted by Gasteiger charge is 2.32. The summed E-state index contributed by atoms with van der Waals surface area (Å²) in [6.07, 6.45) is 1.64. The van der Waals surface area contributed by atoms with Gasteiger partial charge in [0, 0.05) is 44.5 Å². The Kier molecular flexibility index (Phi) is 8.60. The van der Waals surface area contributed by atoms with Crippen LogP contribution in [0.3, 0.4) is 0 Å². The lowest BCUT2D eigenvalue weighted by Gasteiger charge is -2.34. The third-order valence-electron chi connectivity index (χ3n) is 6.19. The van der Waals surface area contributed by atoms with E-state index < -0.39 is 22.0 Å². The second-order valence-electron chi connectivity index (χ2n) is 8.76. The van der Waals surface area contributed by atoms with Gasteiger partial charge < -0.3 is 15.1 Å². The summed E-state index contributed by atoms with van der Waals surface area (Å²) in [6.45, 7) is 3.79. The smallest absolute Gasteiger partial charge is 0.261 e. The molecule has 9 nitrogen and oxygen atoms in total. The van der Waals surface area contributed by atoms with E-state index in [1.54, 1.807) is 54.4 Å². The molecule has 0 spiro atoms. The Morgan fingerprint density at radius 2 is 1.84 bits per heavy atom. The number of carbonyl (C=O) groups is 2. The first-order chi connectivity index (χ1) is 17.7. The molecule has 37 heavy (non-hydrogen) atoms. The average Bonchev–Trinajstić information content (AvgIpc) is 3.33. The molecule has 12 heteroatoms. The van der Waals surface area contributed by atoms with Crippen LogP contribution < -0.4 is 10.0 Å². The van der Waals surface area contributed by atoms with E-state index in [-0.39, 0.29) is 17.3 Å². The first-order valence-corrected chi connectivity index (χ1v) is 14.4. The number of pyridine rings is 1. The first kappa shape index (κ1) is 27.2. The summed E-state index contributed by atoms with van der Waals surface area (Å²) in [5.41, 5.74) is 1.83. The molecule has 0 bridgehead atoms. The topological polar surface area (TPSA) is 112 Å². The van der Waals surface area contributed by atoms with Crippen molar-refractivity contribution in [3.05, 3.63) is 69.5 Å². The van der Waals surface area contributed by atoms with Crippen molar-refractivity contribution in [1.29, 1.82) is 0 Å². The molecular formula is C25H28ClN5O4S2. The minimum absolute atomic E-state index is 0.0446. The number of sulfonamides is 1. The van der Waals surface area contributed by atoms with Crippen molar-refractivity contribution in [2.45, 2.75) is 17.9 Å². The molecule has 0 radical (unpaired) electrons. The molecule has 3 heterocycles.